The second-order valence-corrected chi connectivity index (χ2v) is 6.92. The van der Waals surface area contributed by atoms with E-state index in [1.807, 2.05) is 0 Å². The number of nitro groups is 2. The number of benzene rings is 3. The molecule has 0 spiro atoms. The molecule has 1 heterocycles. The Hall–Kier alpha value is -4.39. The lowest BCUT2D eigenvalue weighted by atomic mass is 10.1. The first kappa shape index (κ1) is 25.2. The van der Waals surface area contributed by atoms with Crippen molar-refractivity contribution < 1.29 is 19.5 Å². The van der Waals surface area contributed by atoms with Gasteiger partial charge in [0.2, 0.25) is 0 Å². The highest BCUT2D eigenvalue weighted by Gasteiger charge is 2.22. The number of rotatable bonds is 8. The van der Waals surface area contributed by atoms with E-state index in [9.17, 15) is 20.2 Å². The minimum atomic E-state index is -0.486. The van der Waals surface area contributed by atoms with E-state index < -0.39 is 9.85 Å². The molecule has 0 radical (unpaired) electrons. The topological polar surface area (TPSA) is 137 Å². The van der Waals surface area contributed by atoms with Crippen LogP contribution in [0, 0.1) is 20.2 Å². The molecule has 4 aromatic rings. The number of aromatic nitrogens is 2. The first-order valence-corrected chi connectivity index (χ1v) is 9.84. The van der Waals surface area contributed by atoms with Gasteiger partial charge < -0.3 is 0 Å². The van der Waals surface area contributed by atoms with E-state index in [-0.39, 0.29) is 23.8 Å². The first-order chi connectivity index (χ1) is 16.4. The molecule has 3 aromatic carbocycles. The van der Waals surface area contributed by atoms with E-state index in [0.29, 0.717) is 33.7 Å². The summed E-state index contributed by atoms with van der Waals surface area (Å²) < 4.78 is 0. The van der Waals surface area contributed by atoms with Gasteiger partial charge in [-0.15, -0.1) is 12.4 Å². The highest BCUT2D eigenvalue weighted by molar-refractivity contribution is 5.92. The van der Waals surface area contributed by atoms with Gasteiger partial charge in [-0.25, -0.2) is 20.1 Å². The maximum absolute atomic E-state index is 11.1. The van der Waals surface area contributed by atoms with Crippen LogP contribution < -0.4 is 10.1 Å². The summed E-state index contributed by atoms with van der Waals surface area (Å²) in [5, 5.41) is 25.8. The number of hydrogen-bond acceptors (Lipinski definition) is 10. The summed E-state index contributed by atoms with van der Waals surface area (Å²) in [5.41, 5.74) is 2.55. The minimum absolute atomic E-state index is 0. The van der Waals surface area contributed by atoms with E-state index in [4.69, 9.17) is 9.68 Å². The van der Waals surface area contributed by atoms with Gasteiger partial charge in [0.15, 0.2) is 0 Å². The van der Waals surface area contributed by atoms with Crippen molar-refractivity contribution in [3.63, 3.8) is 0 Å². The van der Waals surface area contributed by atoms with E-state index in [2.05, 4.69) is 9.97 Å². The van der Waals surface area contributed by atoms with Crippen molar-refractivity contribution in [1.29, 1.82) is 0 Å². The van der Waals surface area contributed by atoms with Gasteiger partial charge >= 0.3 is 0 Å². The van der Waals surface area contributed by atoms with E-state index >= 15 is 0 Å². The molecule has 0 unspecified atom stereocenters. The van der Waals surface area contributed by atoms with E-state index in [0.717, 1.165) is 0 Å². The number of fused-ring (bicyclic) bond motifs is 1. The number of hydrogen-bond donors (Lipinski definition) is 0. The zero-order valence-electron chi connectivity index (χ0n) is 18.5. The number of halogens is 1. The van der Waals surface area contributed by atoms with Crippen molar-refractivity contribution in [3.8, 4) is 0 Å². The van der Waals surface area contributed by atoms with Crippen molar-refractivity contribution in [2.24, 2.45) is 0 Å². The van der Waals surface area contributed by atoms with Crippen molar-refractivity contribution in [1.82, 2.24) is 9.97 Å². The van der Waals surface area contributed by atoms with Gasteiger partial charge in [0.05, 0.1) is 52.3 Å². The molecule has 0 saturated carbocycles. The zero-order chi connectivity index (χ0) is 24.2. The highest BCUT2D eigenvalue weighted by atomic mass is 35.5. The quantitative estimate of drug-likeness (QED) is 0.233. The average Bonchev–Trinajstić information content (AvgIpc) is 2.85. The second-order valence-electron chi connectivity index (χ2n) is 6.92. The SMILES string of the molecule is CON(c1ccc([N+](=O)[O-])cc1)c1cc2cncnc2cc1N(OC)c1ccc([N+](=O)[O-])cc1.Cl. The van der Waals surface area contributed by atoms with E-state index in [1.54, 1.807) is 42.6 Å². The van der Waals surface area contributed by atoms with E-state index in [1.165, 1.54) is 54.9 Å². The minimum Gasteiger partial charge on any atom is -0.272 e. The van der Waals surface area contributed by atoms with Crippen LogP contribution >= 0.6 is 12.4 Å². The Morgan fingerprint density at radius 2 is 1.23 bits per heavy atom. The van der Waals surface area contributed by atoms with Gasteiger partial charge in [-0.05, 0) is 36.4 Å². The number of anilines is 4. The molecular formula is C22H19ClN6O6. The maximum Gasteiger partial charge on any atom is 0.269 e. The van der Waals surface area contributed by atoms with Gasteiger partial charge in [0.25, 0.3) is 11.4 Å². The summed E-state index contributed by atoms with van der Waals surface area (Å²) in [7, 11) is 2.91. The number of nitro benzene ring substituents is 2. The summed E-state index contributed by atoms with van der Waals surface area (Å²) in [4.78, 5) is 40.8. The lowest BCUT2D eigenvalue weighted by Gasteiger charge is -2.29. The lowest BCUT2D eigenvalue weighted by molar-refractivity contribution is -0.385. The fourth-order valence-electron chi connectivity index (χ4n) is 3.44. The number of nitrogens with zero attached hydrogens (tertiary/aromatic N) is 6. The third-order valence-corrected chi connectivity index (χ3v) is 4.99. The summed E-state index contributed by atoms with van der Waals surface area (Å²) in [6.07, 6.45) is 3.06. The molecule has 0 saturated heterocycles. The summed E-state index contributed by atoms with van der Waals surface area (Å²) in [5.74, 6) is 0. The van der Waals surface area contributed by atoms with Crippen molar-refractivity contribution in [3.05, 3.63) is 93.4 Å². The second kappa shape index (κ2) is 10.7. The van der Waals surface area contributed by atoms with Crippen molar-refractivity contribution in [2.45, 2.75) is 0 Å². The summed E-state index contributed by atoms with van der Waals surface area (Å²) in [6, 6.07) is 15.2. The molecule has 0 aliphatic heterocycles. The Kier molecular flexibility index (Phi) is 7.71. The average molecular weight is 499 g/mol. The molecule has 4 rings (SSSR count). The Morgan fingerprint density at radius 1 is 0.771 bits per heavy atom. The fraction of sp³-hybridized carbons (Fsp3) is 0.0909. The predicted molar refractivity (Wildman–Crippen MR) is 131 cm³/mol. The van der Waals surface area contributed by atoms with Crippen molar-refractivity contribution >= 4 is 57.4 Å². The normalized spacial score (nSPS) is 10.5. The van der Waals surface area contributed by atoms with Gasteiger partial charge in [0.1, 0.15) is 6.33 Å². The molecule has 12 nitrogen and oxygen atoms in total. The molecule has 13 heteroatoms. The molecule has 0 bridgehead atoms. The summed E-state index contributed by atoms with van der Waals surface area (Å²) >= 11 is 0. The molecular weight excluding hydrogens is 480 g/mol. The molecule has 0 amide bonds. The first-order valence-electron chi connectivity index (χ1n) is 9.84. The van der Waals surface area contributed by atoms with Crippen LogP contribution in [0.3, 0.4) is 0 Å². The van der Waals surface area contributed by atoms with Gasteiger partial charge in [-0.2, -0.15) is 0 Å². The summed E-state index contributed by atoms with van der Waals surface area (Å²) in [6.45, 7) is 0. The molecule has 35 heavy (non-hydrogen) atoms. The predicted octanol–water partition coefficient (Wildman–Crippen LogP) is 5.27. The highest BCUT2D eigenvalue weighted by Crippen LogP contribution is 2.41. The Bertz CT molecular complexity index is 1250. The van der Waals surface area contributed by atoms with Crippen LogP contribution in [0.2, 0.25) is 0 Å². The third-order valence-electron chi connectivity index (χ3n) is 4.99. The lowest BCUT2D eigenvalue weighted by Crippen LogP contribution is -2.22. The maximum atomic E-state index is 11.1. The monoisotopic (exact) mass is 498 g/mol. The van der Waals surface area contributed by atoms with Gasteiger partial charge in [-0.1, -0.05) is 0 Å². The molecule has 0 N–H and O–H groups in total. The molecule has 0 aliphatic rings. The third kappa shape index (κ3) is 5.09. The number of non-ortho nitro benzene ring substituents is 2. The van der Waals surface area contributed by atoms with Crippen LogP contribution in [0.25, 0.3) is 10.9 Å². The Balaban J connectivity index is 0.00000342. The van der Waals surface area contributed by atoms with Gasteiger partial charge in [-0.3, -0.25) is 29.9 Å². The van der Waals surface area contributed by atoms with Crippen molar-refractivity contribution in [2.75, 3.05) is 24.3 Å². The molecule has 1 aromatic heterocycles. The Labute approximate surface area is 205 Å². The zero-order valence-corrected chi connectivity index (χ0v) is 19.3. The van der Waals surface area contributed by atoms with Crippen LogP contribution in [0.4, 0.5) is 34.1 Å². The van der Waals surface area contributed by atoms with Crippen LogP contribution in [-0.4, -0.2) is 34.0 Å². The smallest absolute Gasteiger partial charge is 0.269 e. The molecule has 0 fully saturated rings. The van der Waals surface area contributed by atoms with Crippen LogP contribution in [-0.2, 0) is 9.68 Å². The van der Waals surface area contributed by atoms with Crippen LogP contribution in [0.15, 0.2) is 73.2 Å². The largest absolute Gasteiger partial charge is 0.272 e. The van der Waals surface area contributed by atoms with Gasteiger partial charge in [0, 0.05) is 35.8 Å². The Morgan fingerprint density at radius 3 is 1.66 bits per heavy atom. The molecule has 180 valence electrons. The standard InChI is InChI=1S/C22H18N6O6.ClH/c1-33-25(16-3-7-18(8-4-16)27(29)30)21-11-15-13-23-14-24-20(15)12-22(21)26(34-2)17-5-9-19(10-6-17)28(31)32;/h3-14H,1-2H3;1H. The molecule has 0 aliphatic carbocycles. The fourth-order valence-corrected chi connectivity index (χ4v) is 3.44. The van der Waals surface area contributed by atoms with Crippen LogP contribution in [0.1, 0.15) is 0 Å². The molecule has 0 atom stereocenters. The van der Waals surface area contributed by atoms with Crippen LogP contribution in [0.5, 0.6) is 0 Å².